The van der Waals surface area contributed by atoms with E-state index in [1.807, 2.05) is 55.5 Å². The summed E-state index contributed by atoms with van der Waals surface area (Å²) in [6.45, 7) is 2.87. The first-order chi connectivity index (χ1) is 10.2. The van der Waals surface area contributed by atoms with Crippen LogP contribution in [0.5, 0.6) is 5.75 Å². The Morgan fingerprint density at radius 2 is 2.05 bits per heavy atom. The minimum Gasteiger partial charge on any atom is -0.495 e. The van der Waals surface area contributed by atoms with Crippen molar-refractivity contribution in [3.63, 3.8) is 0 Å². The van der Waals surface area contributed by atoms with Gasteiger partial charge in [-0.3, -0.25) is 0 Å². The van der Waals surface area contributed by atoms with Crippen molar-refractivity contribution in [1.82, 2.24) is 9.97 Å². The third-order valence-electron chi connectivity index (χ3n) is 3.02. The first kappa shape index (κ1) is 15.4. The maximum absolute atomic E-state index is 5.42. The van der Waals surface area contributed by atoms with Crippen LogP contribution in [0.4, 0.5) is 17.3 Å². The maximum atomic E-state index is 5.42. The fourth-order valence-corrected chi connectivity index (χ4v) is 2.35. The van der Waals surface area contributed by atoms with Gasteiger partial charge >= 0.3 is 0 Å². The number of ether oxygens (including phenoxy) is 1. The number of anilines is 3. The summed E-state index contributed by atoms with van der Waals surface area (Å²) >= 11 is 1.53. The monoisotopic (exact) mass is 304 g/mol. The Balaban J connectivity index is 2.42. The van der Waals surface area contributed by atoms with Gasteiger partial charge < -0.3 is 15.0 Å². The Labute approximate surface area is 129 Å². The Hall–Kier alpha value is -1.95. The predicted octanol–water partition coefficient (Wildman–Crippen LogP) is 3.41. The van der Waals surface area contributed by atoms with Crippen LogP contribution in [-0.2, 0) is 0 Å². The minimum atomic E-state index is 0.741. The molecule has 5 nitrogen and oxygen atoms in total. The van der Waals surface area contributed by atoms with Crippen LogP contribution in [0.1, 0.15) is 6.92 Å². The summed E-state index contributed by atoms with van der Waals surface area (Å²) in [6, 6.07) is 9.82. The van der Waals surface area contributed by atoms with E-state index in [1.54, 1.807) is 7.11 Å². The standard InChI is InChI=1S/C15H20N4OS/c1-5-16-13-10-14(18-15(17-13)21-4)19(2)11-8-6-7-9-12(11)20-3/h6-10H,5H2,1-4H3,(H,16,17,18). The zero-order valence-electron chi connectivity index (χ0n) is 12.8. The highest BCUT2D eigenvalue weighted by molar-refractivity contribution is 7.98. The Bertz CT molecular complexity index is 606. The van der Waals surface area contributed by atoms with E-state index in [1.165, 1.54) is 11.8 Å². The Morgan fingerprint density at radius 1 is 1.29 bits per heavy atom. The molecule has 0 radical (unpaired) electrons. The second kappa shape index (κ2) is 7.17. The van der Waals surface area contributed by atoms with E-state index >= 15 is 0 Å². The average molecular weight is 304 g/mol. The van der Waals surface area contributed by atoms with E-state index in [4.69, 9.17) is 4.74 Å². The molecule has 0 saturated heterocycles. The Kier molecular flexibility index (Phi) is 5.27. The third-order valence-corrected chi connectivity index (χ3v) is 3.57. The van der Waals surface area contributed by atoms with Crippen LogP contribution in [0, 0.1) is 0 Å². The molecule has 0 amide bonds. The molecular weight excluding hydrogens is 284 g/mol. The lowest BCUT2D eigenvalue weighted by molar-refractivity contribution is 0.415. The molecule has 1 aromatic heterocycles. The molecule has 0 unspecified atom stereocenters. The molecule has 21 heavy (non-hydrogen) atoms. The first-order valence-corrected chi connectivity index (χ1v) is 7.95. The molecule has 0 aliphatic heterocycles. The molecular formula is C15H20N4OS. The summed E-state index contributed by atoms with van der Waals surface area (Å²) in [7, 11) is 3.64. The molecule has 1 aromatic carbocycles. The minimum absolute atomic E-state index is 0.741. The van der Waals surface area contributed by atoms with Crippen LogP contribution in [0.25, 0.3) is 0 Å². The van der Waals surface area contributed by atoms with Gasteiger partial charge in [0.05, 0.1) is 12.8 Å². The molecule has 0 aliphatic carbocycles. The van der Waals surface area contributed by atoms with Crippen LogP contribution in [0.2, 0.25) is 0 Å². The summed E-state index contributed by atoms with van der Waals surface area (Å²) in [5.41, 5.74) is 0.966. The topological polar surface area (TPSA) is 50.3 Å². The van der Waals surface area contributed by atoms with Gasteiger partial charge in [0.1, 0.15) is 17.4 Å². The zero-order chi connectivity index (χ0) is 15.2. The molecule has 0 bridgehead atoms. The molecule has 0 saturated carbocycles. The largest absolute Gasteiger partial charge is 0.495 e. The summed E-state index contributed by atoms with van der Waals surface area (Å²) in [5, 5.41) is 3.98. The lowest BCUT2D eigenvalue weighted by Crippen LogP contribution is -2.14. The van der Waals surface area contributed by atoms with Crippen LogP contribution < -0.4 is 15.0 Å². The number of aromatic nitrogens is 2. The number of thioether (sulfide) groups is 1. The molecule has 0 aliphatic rings. The zero-order valence-corrected chi connectivity index (χ0v) is 13.6. The fourth-order valence-electron chi connectivity index (χ4n) is 1.98. The highest BCUT2D eigenvalue weighted by atomic mass is 32.2. The van der Waals surface area contributed by atoms with E-state index in [0.29, 0.717) is 0 Å². The normalized spacial score (nSPS) is 10.3. The van der Waals surface area contributed by atoms with Crippen LogP contribution in [0.3, 0.4) is 0 Å². The summed E-state index contributed by atoms with van der Waals surface area (Å²) in [5.74, 6) is 2.47. The highest BCUT2D eigenvalue weighted by Gasteiger charge is 2.13. The van der Waals surface area contributed by atoms with Crippen molar-refractivity contribution in [2.75, 3.05) is 37.2 Å². The van der Waals surface area contributed by atoms with Gasteiger partial charge in [0.2, 0.25) is 0 Å². The van der Waals surface area contributed by atoms with Gasteiger partial charge in [-0.1, -0.05) is 23.9 Å². The lowest BCUT2D eigenvalue weighted by Gasteiger charge is -2.21. The number of hydrogen-bond acceptors (Lipinski definition) is 6. The summed E-state index contributed by atoms with van der Waals surface area (Å²) in [4.78, 5) is 11.0. The van der Waals surface area contributed by atoms with Crippen LogP contribution >= 0.6 is 11.8 Å². The van der Waals surface area contributed by atoms with Crippen molar-refractivity contribution in [2.45, 2.75) is 12.1 Å². The average Bonchev–Trinajstić information content (AvgIpc) is 2.54. The van der Waals surface area contributed by atoms with E-state index in [9.17, 15) is 0 Å². The second-order valence-electron chi connectivity index (χ2n) is 4.36. The van der Waals surface area contributed by atoms with Gasteiger partial charge in [-0.05, 0) is 25.3 Å². The molecule has 1 heterocycles. The first-order valence-electron chi connectivity index (χ1n) is 6.73. The molecule has 112 valence electrons. The van der Waals surface area contributed by atoms with Gasteiger partial charge in [-0.2, -0.15) is 0 Å². The van der Waals surface area contributed by atoms with E-state index < -0.39 is 0 Å². The van der Waals surface area contributed by atoms with E-state index in [-0.39, 0.29) is 0 Å². The smallest absolute Gasteiger partial charge is 0.191 e. The van der Waals surface area contributed by atoms with Crippen molar-refractivity contribution in [1.29, 1.82) is 0 Å². The van der Waals surface area contributed by atoms with E-state index in [0.717, 1.165) is 34.8 Å². The number of benzene rings is 1. The maximum Gasteiger partial charge on any atom is 0.191 e. The highest BCUT2D eigenvalue weighted by Crippen LogP contribution is 2.32. The van der Waals surface area contributed by atoms with Gasteiger partial charge in [0.25, 0.3) is 0 Å². The fraction of sp³-hybridized carbons (Fsp3) is 0.333. The predicted molar refractivity (Wildman–Crippen MR) is 89.0 cm³/mol. The lowest BCUT2D eigenvalue weighted by atomic mass is 10.2. The number of para-hydroxylation sites is 2. The van der Waals surface area contributed by atoms with Crippen LogP contribution in [-0.4, -0.2) is 36.9 Å². The van der Waals surface area contributed by atoms with Gasteiger partial charge in [-0.15, -0.1) is 0 Å². The third kappa shape index (κ3) is 3.58. The quantitative estimate of drug-likeness (QED) is 0.652. The van der Waals surface area contributed by atoms with Crippen molar-refractivity contribution in [3.8, 4) is 5.75 Å². The second-order valence-corrected chi connectivity index (χ2v) is 5.13. The van der Waals surface area contributed by atoms with Crippen molar-refractivity contribution < 1.29 is 4.74 Å². The van der Waals surface area contributed by atoms with Gasteiger partial charge in [0, 0.05) is 19.7 Å². The Morgan fingerprint density at radius 3 is 2.71 bits per heavy atom. The molecule has 6 heteroatoms. The number of nitrogens with zero attached hydrogens (tertiary/aromatic N) is 3. The number of methoxy groups -OCH3 is 1. The molecule has 0 atom stereocenters. The number of nitrogens with one attached hydrogen (secondary N) is 1. The van der Waals surface area contributed by atoms with Gasteiger partial charge in [-0.25, -0.2) is 9.97 Å². The van der Waals surface area contributed by atoms with Crippen molar-refractivity contribution in [3.05, 3.63) is 30.3 Å². The van der Waals surface area contributed by atoms with Crippen LogP contribution in [0.15, 0.2) is 35.5 Å². The molecule has 0 spiro atoms. The molecule has 1 N–H and O–H groups in total. The molecule has 0 fully saturated rings. The van der Waals surface area contributed by atoms with E-state index in [2.05, 4.69) is 15.3 Å². The summed E-state index contributed by atoms with van der Waals surface area (Å²) < 4.78 is 5.42. The van der Waals surface area contributed by atoms with Crippen molar-refractivity contribution >= 4 is 29.1 Å². The number of rotatable bonds is 6. The molecule has 2 aromatic rings. The number of hydrogen-bond donors (Lipinski definition) is 1. The SMILES string of the molecule is CCNc1cc(N(C)c2ccccc2OC)nc(SC)n1. The van der Waals surface area contributed by atoms with Crippen molar-refractivity contribution in [2.24, 2.45) is 0 Å². The molecule has 2 rings (SSSR count). The summed E-state index contributed by atoms with van der Waals surface area (Å²) in [6.07, 6.45) is 1.97. The van der Waals surface area contributed by atoms with Gasteiger partial charge in [0.15, 0.2) is 5.16 Å².